The van der Waals surface area contributed by atoms with Gasteiger partial charge in [-0.1, -0.05) is 17.7 Å². The summed E-state index contributed by atoms with van der Waals surface area (Å²) in [5, 5.41) is 0. The van der Waals surface area contributed by atoms with Gasteiger partial charge in [-0.2, -0.15) is 0 Å². The molecule has 8 heteroatoms. The van der Waals surface area contributed by atoms with Crippen LogP contribution >= 0.6 is 11.6 Å². The van der Waals surface area contributed by atoms with Gasteiger partial charge in [0.1, 0.15) is 11.2 Å². The topological polar surface area (TPSA) is 88.7 Å². The van der Waals surface area contributed by atoms with Crippen molar-refractivity contribution in [2.45, 2.75) is 32.8 Å². The van der Waals surface area contributed by atoms with E-state index in [-0.39, 0.29) is 17.7 Å². The molecule has 136 valence electrons. The largest absolute Gasteiger partial charge is 0.446 e. The quantitative estimate of drug-likeness (QED) is 0.654. The highest BCUT2D eigenvalue weighted by molar-refractivity contribution is 6.17. The summed E-state index contributed by atoms with van der Waals surface area (Å²) < 4.78 is 10.0. The van der Waals surface area contributed by atoms with Crippen LogP contribution in [0.15, 0.2) is 23.1 Å². The first-order valence-corrected chi connectivity index (χ1v) is 8.38. The molecule has 0 spiro atoms. The standard InChI is InChI=1S/C17H21ClN2O5/c1-17(2,3)25-16(23)20-6-4-11(5-7-20)12-8-13(14(21)19-9-12)15(22)24-10-18/h4,8-9H,5-7,10H2,1-3H3,(H,19,21). The number of halogens is 1. The lowest BCUT2D eigenvalue weighted by Crippen LogP contribution is -2.39. The minimum Gasteiger partial charge on any atom is -0.446 e. The Labute approximate surface area is 150 Å². The molecule has 1 N–H and O–H groups in total. The summed E-state index contributed by atoms with van der Waals surface area (Å²) in [6.45, 7) is 6.33. The molecule has 1 aromatic heterocycles. The average molecular weight is 369 g/mol. The Balaban J connectivity index is 2.14. The van der Waals surface area contributed by atoms with Crippen LogP contribution in [0.25, 0.3) is 5.57 Å². The van der Waals surface area contributed by atoms with Crippen LogP contribution < -0.4 is 5.56 Å². The minimum atomic E-state index is -0.773. The molecule has 2 heterocycles. The molecule has 0 aromatic carbocycles. The number of alkyl halides is 1. The number of nitrogens with zero attached hydrogens (tertiary/aromatic N) is 1. The highest BCUT2D eigenvalue weighted by atomic mass is 35.5. The summed E-state index contributed by atoms with van der Waals surface area (Å²) in [5.41, 5.74) is 0.442. The van der Waals surface area contributed by atoms with E-state index < -0.39 is 17.1 Å². The first-order valence-electron chi connectivity index (χ1n) is 7.84. The van der Waals surface area contributed by atoms with Crippen LogP contribution in [0.2, 0.25) is 0 Å². The molecule has 0 saturated carbocycles. The predicted molar refractivity (Wildman–Crippen MR) is 93.6 cm³/mol. The van der Waals surface area contributed by atoms with E-state index in [0.717, 1.165) is 5.57 Å². The molecule has 1 amide bonds. The number of ether oxygens (including phenoxy) is 2. The normalized spacial score (nSPS) is 14.7. The Morgan fingerprint density at radius 1 is 1.36 bits per heavy atom. The Morgan fingerprint density at radius 2 is 2.08 bits per heavy atom. The molecule has 1 aromatic rings. The van der Waals surface area contributed by atoms with Gasteiger partial charge in [-0.3, -0.25) is 4.79 Å². The van der Waals surface area contributed by atoms with Crippen molar-refractivity contribution in [2.24, 2.45) is 0 Å². The van der Waals surface area contributed by atoms with Gasteiger partial charge in [0.05, 0.1) is 0 Å². The number of pyridine rings is 1. The van der Waals surface area contributed by atoms with Crippen molar-refractivity contribution in [1.29, 1.82) is 0 Å². The molecule has 0 radical (unpaired) electrons. The number of hydrogen-bond donors (Lipinski definition) is 1. The van der Waals surface area contributed by atoms with Crippen LogP contribution in [-0.2, 0) is 9.47 Å². The van der Waals surface area contributed by atoms with Gasteiger partial charge in [0.2, 0.25) is 0 Å². The molecule has 0 atom stereocenters. The lowest BCUT2D eigenvalue weighted by atomic mass is 10.00. The monoisotopic (exact) mass is 368 g/mol. The molecular weight excluding hydrogens is 348 g/mol. The van der Waals surface area contributed by atoms with Crippen LogP contribution in [0.4, 0.5) is 4.79 Å². The number of hydrogen-bond acceptors (Lipinski definition) is 5. The van der Waals surface area contributed by atoms with Crippen LogP contribution in [-0.4, -0.2) is 46.7 Å². The van der Waals surface area contributed by atoms with Gasteiger partial charge in [0.25, 0.3) is 5.56 Å². The third-order valence-electron chi connectivity index (χ3n) is 3.54. The smallest absolute Gasteiger partial charge is 0.410 e. The maximum absolute atomic E-state index is 12.1. The van der Waals surface area contributed by atoms with E-state index in [1.54, 1.807) is 4.90 Å². The molecule has 0 fully saturated rings. The predicted octanol–water partition coefficient (Wildman–Crippen LogP) is 2.75. The zero-order chi connectivity index (χ0) is 18.6. The highest BCUT2D eigenvalue weighted by Gasteiger charge is 2.24. The lowest BCUT2D eigenvalue weighted by Gasteiger charge is -2.29. The molecule has 0 bridgehead atoms. The summed E-state index contributed by atoms with van der Waals surface area (Å²) in [4.78, 5) is 39.7. The van der Waals surface area contributed by atoms with Crippen molar-refractivity contribution in [2.75, 3.05) is 19.2 Å². The van der Waals surface area contributed by atoms with E-state index >= 15 is 0 Å². The Kier molecular flexibility index (Phi) is 5.89. The van der Waals surface area contributed by atoms with Crippen LogP contribution in [0.1, 0.15) is 43.1 Å². The fourth-order valence-corrected chi connectivity index (χ4v) is 2.47. The summed E-state index contributed by atoms with van der Waals surface area (Å²) in [6, 6.07) is 1.15. The number of amides is 1. The average Bonchev–Trinajstić information content (AvgIpc) is 2.54. The second-order valence-electron chi connectivity index (χ2n) is 6.58. The molecular formula is C17H21ClN2O5. The van der Waals surface area contributed by atoms with Crippen molar-refractivity contribution in [3.05, 3.63) is 39.8 Å². The van der Waals surface area contributed by atoms with E-state index in [0.29, 0.717) is 25.1 Å². The SMILES string of the molecule is CC(C)(C)OC(=O)N1CC=C(c2c[nH]c(=O)c(C(=O)OCCl)c2)CC1. The number of esters is 1. The fraction of sp³-hybridized carbons (Fsp3) is 0.471. The molecule has 2 rings (SSSR count). The summed E-state index contributed by atoms with van der Waals surface area (Å²) in [7, 11) is 0. The lowest BCUT2D eigenvalue weighted by molar-refractivity contribution is 0.0270. The van der Waals surface area contributed by atoms with Gasteiger partial charge < -0.3 is 19.4 Å². The van der Waals surface area contributed by atoms with Gasteiger partial charge in [-0.15, -0.1) is 0 Å². The van der Waals surface area contributed by atoms with E-state index in [1.807, 2.05) is 26.8 Å². The second-order valence-corrected chi connectivity index (χ2v) is 6.80. The van der Waals surface area contributed by atoms with Crippen molar-refractivity contribution >= 4 is 29.2 Å². The molecule has 0 saturated heterocycles. The first kappa shape index (κ1) is 19.1. The maximum Gasteiger partial charge on any atom is 0.410 e. The van der Waals surface area contributed by atoms with Gasteiger partial charge in [-0.25, -0.2) is 9.59 Å². The van der Waals surface area contributed by atoms with Crippen LogP contribution in [0.3, 0.4) is 0 Å². The molecule has 0 unspecified atom stereocenters. The zero-order valence-corrected chi connectivity index (χ0v) is 15.2. The van der Waals surface area contributed by atoms with Gasteiger partial charge >= 0.3 is 12.1 Å². The highest BCUT2D eigenvalue weighted by Crippen LogP contribution is 2.23. The van der Waals surface area contributed by atoms with E-state index in [2.05, 4.69) is 9.72 Å². The molecule has 25 heavy (non-hydrogen) atoms. The van der Waals surface area contributed by atoms with Crippen molar-refractivity contribution in [1.82, 2.24) is 9.88 Å². The molecule has 1 aliphatic heterocycles. The Morgan fingerprint density at radius 3 is 2.64 bits per heavy atom. The fourth-order valence-electron chi connectivity index (χ4n) is 2.37. The second kappa shape index (κ2) is 7.74. The number of H-pyrrole nitrogens is 1. The number of rotatable bonds is 3. The maximum atomic E-state index is 12.1. The third kappa shape index (κ3) is 5.09. The molecule has 1 aliphatic rings. The van der Waals surface area contributed by atoms with Crippen molar-refractivity contribution < 1.29 is 19.1 Å². The molecule has 0 aliphatic carbocycles. The number of aromatic amines is 1. The first-order chi connectivity index (χ1) is 11.7. The number of aromatic nitrogens is 1. The third-order valence-corrected chi connectivity index (χ3v) is 3.65. The van der Waals surface area contributed by atoms with Gasteiger partial charge in [-0.05, 0) is 44.4 Å². The van der Waals surface area contributed by atoms with E-state index in [4.69, 9.17) is 16.3 Å². The van der Waals surface area contributed by atoms with Crippen LogP contribution in [0, 0.1) is 0 Å². The minimum absolute atomic E-state index is 0.103. The van der Waals surface area contributed by atoms with E-state index in [1.165, 1.54) is 12.3 Å². The summed E-state index contributed by atoms with van der Waals surface area (Å²) >= 11 is 5.36. The number of carbonyl (C=O) groups is 2. The van der Waals surface area contributed by atoms with Crippen LogP contribution in [0.5, 0.6) is 0 Å². The van der Waals surface area contributed by atoms with E-state index in [9.17, 15) is 14.4 Å². The van der Waals surface area contributed by atoms with Gasteiger partial charge in [0, 0.05) is 19.3 Å². The zero-order valence-electron chi connectivity index (χ0n) is 14.4. The summed E-state index contributed by atoms with van der Waals surface area (Å²) in [5.74, 6) is -0.773. The van der Waals surface area contributed by atoms with Gasteiger partial charge in [0.15, 0.2) is 6.07 Å². The van der Waals surface area contributed by atoms with Crippen molar-refractivity contribution in [3.63, 3.8) is 0 Å². The Bertz CT molecular complexity index is 748. The van der Waals surface area contributed by atoms with Crippen molar-refractivity contribution in [3.8, 4) is 0 Å². The summed E-state index contributed by atoms with van der Waals surface area (Å²) in [6.07, 6.45) is 3.62. The number of carbonyl (C=O) groups excluding carboxylic acids is 2. The number of nitrogens with one attached hydrogen (secondary N) is 1. The Hall–Kier alpha value is -2.28. The molecule has 7 nitrogen and oxygen atoms in total.